The van der Waals surface area contributed by atoms with Crippen LogP contribution in [-0.2, 0) is 40.0 Å². The smallest absolute Gasteiger partial charge is 0.326 e. The van der Waals surface area contributed by atoms with E-state index in [4.69, 9.17) is 16.6 Å². The number of carbonyl (C=O) groups excluding carboxylic acids is 5. The number of aliphatic hydroxyl groups is 1. The van der Waals surface area contributed by atoms with Gasteiger partial charge in [0, 0.05) is 6.42 Å². The number of nitrogens with two attached hydrogens (primary N) is 2. The zero-order valence-corrected chi connectivity index (χ0v) is 24.0. The third-order valence-electron chi connectivity index (χ3n) is 5.82. The molecule has 0 unspecified atom stereocenters. The van der Waals surface area contributed by atoms with Crippen molar-refractivity contribution in [2.24, 2.45) is 11.5 Å². The Morgan fingerprint density at radius 3 is 1.81 bits per heavy atom. The molecule has 0 aromatic heterocycles. The minimum atomic E-state index is -1.78. The maximum atomic E-state index is 13.2. The van der Waals surface area contributed by atoms with E-state index in [0.29, 0.717) is 11.3 Å². The molecule has 17 nitrogen and oxygen atoms in total. The number of carboxylic acid groups (broad SMARTS) is 2. The lowest BCUT2D eigenvalue weighted by Crippen LogP contribution is -2.60. The van der Waals surface area contributed by atoms with Crippen molar-refractivity contribution >= 4 is 53.2 Å². The minimum Gasteiger partial charge on any atom is -0.508 e. The quantitative estimate of drug-likeness (QED) is 0.0708. The van der Waals surface area contributed by atoms with E-state index in [9.17, 15) is 48.9 Å². The molecular formula is C25H36N6O11S. The van der Waals surface area contributed by atoms with Crippen LogP contribution in [0.2, 0.25) is 0 Å². The lowest BCUT2D eigenvalue weighted by Gasteiger charge is -2.25. The van der Waals surface area contributed by atoms with Gasteiger partial charge in [0.1, 0.15) is 29.9 Å². The molecule has 1 rings (SSSR count). The highest BCUT2D eigenvalue weighted by Gasteiger charge is 2.32. The van der Waals surface area contributed by atoms with Gasteiger partial charge in [0.15, 0.2) is 0 Å². The van der Waals surface area contributed by atoms with Crippen LogP contribution in [0.1, 0.15) is 24.8 Å². The van der Waals surface area contributed by atoms with Gasteiger partial charge < -0.3 is 53.2 Å². The van der Waals surface area contributed by atoms with Crippen molar-refractivity contribution in [1.82, 2.24) is 21.3 Å². The Kier molecular flexibility index (Phi) is 15.5. The number of hydrogen-bond donors (Lipinski definition) is 10. The predicted molar refractivity (Wildman–Crippen MR) is 151 cm³/mol. The molecule has 0 fully saturated rings. The Hall–Kier alpha value is -4.42. The summed E-state index contributed by atoms with van der Waals surface area (Å²) in [5.74, 6) is -7.61. The number of primary amides is 1. The zero-order chi connectivity index (χ0) is 32.7. The first kappa shape index (κ1) is 36.6. The van der Waals surface area contributed by atoms with E-state index in [1.807, 2.05) is 0 Å². The van der Waals surface area contributed by atoms with Crippen molar-refractivity contribution in [3.63, 3.8) is 0 Å². The van der Waals surface area contributed by atoms with Crippen molar-refractivity contribution in [1.29, 1.82) is 0 Å². The largest absolute Gasteiger partial charge is 0.508 e. The van der Waals surface area contributed by atoms with Crippen molar-refractivity contribution in [3.8, 4) is 5.75 Å². The molecule has 12 N–H and O–H groups in total. The standard InChI is InChI=1S/C25H36N6O11S/c1-43-7-6-15(22(38)30-17(25(41)42)10-20(35)36)28-24(40)18(11-32)31-23(39)16(8-12-2-4-13(33)5-3-12)29-21(37)14(26)9-19(27)34/h2-5,14-18,32-33H,6-11,26H2,1H3,(H2,27,34)(H,28,40)(H,29,37)(H,30,38)(H,31,39)(H,35,36)(H,41,42)/t14-,15-,16-,17-,18-/m0/s1. The van der Waals surface area contributed by atoms with Crippen LogP contribution in [-0.4, -0.2) is 111 Å². The van der Waals surface area contributed by atoms with Crippen molar-refractivity contribution < 1.29 is 54.0 Å². The molecule has 0 aliphatic rings. The third kappa shape index (κ3) is 13.4. The molecule has 0 heterocycles. The van der Waals surface area contributed by atoms with Gasteiger partial charge in [-0.25, -0.2) is 4.79 Å². The molecule has 5 amide bonds. The Morgan fingerprint density at radius 1 is 0.791 bits per heavy atom. The molecule has 0 bridgehead atoms. The number of carbonyl (C=O) groups is 7. The zero-order valence-electron chi connectivity index (χ0n) is 23.1. The molecule has 1 aromatic carbocycles. The number of aromatic hydroxyl groups is 1. The number of carboxylic acids is 2. The van der Waals surface area contributed by atoms with E-state index < -0.39 is 91.1 Å². The Bertz CT molecular complexity index is 1170. The molecule has 0 aliphatic heterocycles. The highest BCUT2D eigenvalue weighted by atomic mass is 32.2. The average molecular weight is 629 g/mol. The molecule has 0 aliphatic carbocycles. The SMILES string of the molecule is CSCC[C@H](NC(=O)[C@H](CO)NC(=O)[C@H](Cc1ccc(O)cc1)NC(=O)[C@@H](N)CC(N)=O)C(=O)N[C@@H](CC(=O)O)C(=O)O. The lowest BCUT2D eigenvalue weighted by molar-refractivity contribution is -0.147. The number of aliphatic hydroxyl groups excluding tert-OH is 1. The number of hydrogen-bond acceptors (Lipinski definition) is 11. The molecule has 18 heteroatoms. The van der Waals surface area contributed by atoms with Crippen molar-refractivity contribution in [3.05, 3.63) is 29.8 Å². The predicted octanol–water partition coefficient (Wildman–Crippen LogP) is -3.62. The fourth-order valence-electron chi connectivity index (χ4n) is 3.56. The van der Waals surface area contributed by atoms with E-state index in [-0.39, 0.29) is 18.6 Å². The fourth-order valence-corrected chi connectivity index (χ4v) is 4.03. The number of aliphatic carboxylic acids is 2. The van der Waals surface area contributed by atoms with Crippen LogP contribution in [0.3, 0.4) is 0 Å². The lowest BCUT2D eigenvalue weighted by atomic mass is 10.0. The highest BCUT2D eigenvalue weighted by molar-refractivity contribution is 7.98. The fraction of sp³-hybridized carbons (Fsp3) is 0.480. The summed E-state index contributed by atoms with van der Waals surface area (Å²) >= 11 is 1.30. The molecule has 0 spiro atoms. The normalized spacial score (nSPS) is 14.2. The topological polar surface area (TPSA) is 301 Å². The van der Waals surface area contributed by atoms with Gasteiger partial charge in [0.25, 0.3) is 0 Å². The first-order valence-electron chi connectivity index (χ1n) is 12.8. The number of amides is 5. The number of thioether (sulfide) groups is 1. The molecular weight excluding hydrogens is 592 g/mol. The van der Waals surface area contributed by atoms with Gasteiger partial charge in [0.05, 0.1) is 25.5 Å². The summed E-state index contributed by atoms with van der Waals surface area (Å²) in [5, 5.41) is 46.5. The Labute approximate surface area is 250 Å². The number of phenols is 1. The van der Waals surface area contributed by atoms with Gasteiger partial charge in [-0.15, -0.1) is 0 Å². The molecule has 0 saturated heterocycles. The third-order valence-corrected chi connectivity index (χ3v) is 6.46. The monoisotopic (exact) mass is 628 g/mol. The second-order valence-corrected chi connectivity index (χ2v) is 10.3. The van der Waals surface area contributed by atoms with Crippen molar-refractivity contribution in [2.75, 3.05) is 18.6 Å². The van der Waals surface area contributed by atoms with Crippen LogP contribution >= 0.6 is 11.8 Å². The molecule has 0 radical (unpaired) electrons. The van der Waals surface area contributed by atoms with Gasteiger partial charge in [-0.05, 0) is 36.1 Å². The van der Waals surface area contributed by atoms with Gasteiger partial charge in [-0.1, -0.05) is 12.1 Å². The van der Waals surface area contributed by atoms with Crippen molar-refractivity contribution in [2.45, 2.75) is 55.9 Å². The summed E-state index contributed by atoms with van der Waals surface area (Å²) in [4.78, 5) is 84.9. The average Bonchev–Trinajstić information content (AvgIpc) is 2.93. The van der Waals surface area contributed by atoms with Gasteiger partial charge in [0.2, 0.25) is 29.5 Å². The van der Waals surface area contributed by atoms with Crippen LogP contribution in [0, 0.1) is 0 Å². The Balaban J connectivity index is 3.11. The summed E-state index contributed by atoms with van der Waals surface area (Å²) in [7, 11) is 0. The first-order valence-corrected chi connectivity index (χ1v) is 14.2. The summed E-state index contributed by atoms with van der Waals surface area (Å²) in [6.45, 7) is -0.952. The molecule has 0 saturated carbocycles. The molecule has 5 atom stereocenters. The number of phenolic OH excluding ortho intramolecular Hbond substituents is 1. The van der Waals surface area contributed by atoms with E-state index in [0.717, 1.165) is 0 Å². The first-order chi connectivity index (χ1) is 20.2. The summed E-state index contributed by atoms with van der Waals surface area (Å²) < 4.78 is 0. The van der Waals surface area contributed by atoms with Gasteiger partial charge in [-0.2, -0.15) is 11.8 Å². The maximum absolute atomic E-state index is 13.2. The second kappa shape index (κ2) is 18.2. The molecule has 43 heavy (non-hydrogen) atoms. The summed E-state index contributed by atoms with van der Waals surface area (Å²) in [5.41, 5.74) is 11.2. The van der Waals surface area contributed by atoms with E-state index >= 15 is 0 Å². The number of nitrogens with one attached hydrogen (secondary N) is 4. The number of rotatable bonds is 19. The maximum Gasteiger partial charge on any atom is 0.326 e. The minimum absolute atomic E-state index is 0.0124. The van der Waals surface area contributed by atoms with Crippen LogP contribution in [0.25, 0.3) is 0 Å². The van der Waals surface area contributed by atoms with Crippen LogP contribution in [0.4, 0.5) is 0 Å². The number of benzene rings is 1. The second-order valence-electron chi connectivity index (χ2n) is 9.29. The van der Waals surface area contributed by atoms with Crippen LogP contribution in [0.15, 0.2) is 24.3 Å². The summed E-state index contributed by atoms with van der Waals surface area (Å²) in [6, 6.07) is -1.98. The van der Waals surface area contributed by atoms with E-state index in [1.165, 1.54) is 36.0 Å². The molecule has 238 valence electrons. The van der Waals surface area contributed by atoms with Gasteiger partial charge in [-0.3, -0.25) is 28.8 Å². The van der Waals surface area contributed by atoms with Crippen LogP contribution in [0.5, 0.6) is 5.75 Å². The molecule has 1 aromatic rings. The Morgan fingerprint density at radius 2 is 1.30 bits per heavy atom. The van der Waals surface area contributed by atoms with E-state index in [2.05, 4.69) is 21.3 Å². The van der Waals surface area contributed by atoms with E-state index in [1.54, 1.807) is 6.26 Å². The summed E-state index contributed by atoms with van der Waals surface area (Å²) in [6.07, 6.45) is 0.0871. The van der Waals surface area contributed by atoms with Crippen LogP contribution < -0.4 is 32.7 Å². The van der Waals surface area contributed by atoms with Gasteiger partial charge >= 0.3 is 11.9 Å². The highest BCUT2D eigenvalue weighted by Crippen LogP contribution is 2.12.